The number of carbonyl (C=O) groups is 2. The summed E-state index contributed by atoms with van der Waals surface area (Å²) in [5, 5.41) is 26.5. The summed E-state index contributed by atoms with van der Waals surface area (Å²) in [5.74, 6) is 0.836. The predicted octanol–water partition coefficient (Wildman–Crippen LogP) is 0.255. The second-order valence-corrected chi connectivity index (χ2v) is 12.3. The van der Waals surface area contributed by atoms with Gasteiger partial charge in [-0.25, -0.2) is 15.0 Å². The van der Waals surface area contributed by atoms with E-state index < -0.39 is 43.0 Å². The van der Waals surface area contributed by atoms with Crippen LogP contribution in [0.1, 0.15) is 41.6 Å². The molecule has 5 rings (SSSR count). The largest absolute Gasteiger partial charge is 0.497 e. The number of hydrogen-bond acceptors (Lipinski definition) is 13. The fourth-order valence-corrected chi connectivity index (χ4v) is 5.35. The molecule has 0 bridgehead atoms. The van der Waals surface area contributed by atoms with Gasteiger partial charge in [0.2, 0.25) is 5.91 Å². The molecule has 270 valence electrons. The van der Waals surface area contributed by atoms with E-state index in [1.807, 2.05) is 71.4 Å². The van der Waals surface area contributed by atoms with Crippen LogP contribution in [0, 0.1) is 0 Å². The number of fused-ring (bicyclic) bond motifs is 1. The molecule has 0 radical (unpaired) electrons. The number of anilines is 1. The minimum absolute atomic E-state index is 0.0249. The van der Waals surface area contributed by atoms with Gasteiger partial charge in [0.05, 0.1) is 32.1 Å². The van der Waals surface area contributed by atoms with Gasteiger partial charge in [-0.15, -0.1) is 0 Å². The van der Waals surface area contributed by atoms with E-state index in [0.29, 0.717) is 34.7 Å². The van der Waals surface area contributed by atoms with E-state index in [4.69, 9.17) is 15.2 Å². The van der Waals surface area contributed by atoms with E-state index >= 15 is 0 Å². The Balaban J connectivity index is 0.000000295. The first-order valence-electron chi connectivity index (χ1n) is 16.2. The predicted molar refractivity (Wildman–Crippen MR) is 188 cm³/mol. The van der Waals surface area contributed by atoms with Crippen molar-refractivity contribution in [2.45, 2.75) is 63.4 Å². The Kier molecular flexibility index (Phi) is 13.6. The highest BCUT2D eigenvalue weighted by atomic mass is 16.5. The van der Waals surface area contributed by atoms with Crippen molar-refractivity contribution in [3.8, 4) is 5.75 Å². The molecule has 16 nitrogen and oxygen atoms in total. The van der Waals surface area contributed by atoms with Crippen molar-refractivity contribution in [2.24, 2.45) is 5.73 Å². The molecule has 4 aromatic rings. The number of carbonyl (C=O) groups excluding carboxylic acids is 2. The van der Waals surface area contributed by atoms with Gasteiger partial charge in [-0.3, -0.25) is 25.0 Å². The minimum Gasteiger partial charge on any atom is -0.497 e. The number of hydrazine groups is 1. The lowest BCUT2D eigenvalue weighted by Gasteiger charge is -2.23. The topological polar surface area (TPSA) is 214 Å². The zero-order valence-corrected chi connectivity index (χ0v) is 29.2. The molecule has 2 aromatic heterocycles. The van der Waals surface area contributed by atoms with E-state index in [2.05, 4.69) is 36.4 Å². The van der Waals surface area contributed by atoms with Gasteiger partial charge < -0.3 is 41.0 Å². The minimum atomic E-state index is -1.18. The molecular weight excluding hydrogens is 644 g/mol. The number of nitrogens with two attached hydrogens (primary N) is 1. The van der Waals surface area contributed by atoms with Crippen LogP contribution in [0.25, 0.3) is 11.2 Å². The standard InChI is InChI=1S/C22H29N7O5.C12H19N3O/c1-28(2)19-17-20(25-10-24-19)29(11-26-17)22-18(31)16(15(9-30)34-22)27-21(32)14(23)8-12-4-6-13(33-3)7-5-12;1-9(2)15-12(16)11-6-4-10(5-7-11)8-14-13-3/h4-7,10-11,14-16,18,22,30-31H,8-9,23H2,1-3H3,(H,27,32);4-7,9,13-14H,8H2,1-3H3,(H,15,16)/t14-,15+,16+,18+,22+;/m0./s1. The fourth-order valence-electron chi connectivity index (χ4n) is 5.35. The van der Waals surface area contributed by atoms with Crippen LogP contribution >= 0.6 is 0 Å². The Bertz CT molecular complexity index is 1680. The normalized spacial score (nSPS) is 19.1. The molecule has 1 fully saturated rings. The molecule has 1 saturated heterocycles. The Labute approximate surface area is 291 Å². The summed E-state index contributed by atoms with van der Waals surface area (Å²) < 4.78 is 12.6. The Morgan fingerprint density at radius 3 is 2.34 bits per heavy atom. The van der Waals surface area contributed by atoms with Crippen molar-refractivity contribution in [3.05, 3.63) is 77.9 Å². The van der Waals surface area contributed by atoms with Gasteiger partial charge in [0.1, 0.15) is 24.3 Å². The lowest BCUT2D eigenvalue weighted by atomic mass is 10.0. The van der Waals surface area contributed by atoms with Crippen LogP contribution in [0.4, 0.5) is 5.82 Å². The number of methoxy groups -OCH3 is 1. The van der Waals surface area contributed by atoms with Crippen molar-refractivity contribution in [2.75, 3.05) is 39.8 Å². The van der Waals surface area contributed by atoms with Gasteiger partial charge >= 0.3 is 0 Å². The molecule has 1 aliphatic rings. The molecule has 8 N–H and O–H groups in total. The molecule has 2 amide bonds. The lowest BCUT2D eigenvalue weighted by Crippen LogP contribution is -2.53. The number of nitrogens with one attached hydrogen (secondary N) is 4. The summed E-state index contributed by atoms with van der Waals surface area (Å²) in [4.78, 5) is 39.1. The number of rotatable bonds is 13. The van der Waals surface area contributed by atoms with Gasteiger partial charge in [-0.2, -0.15) is 0 Å². The molecule has 0 aliphatic carbocycles. The van der Waals surface area contributed by atoms with Gasteiger partial charge in [-0.05, 0) is 62.7 Å². The van der Waals surface area contributed by atoms with Gasteiger partial charge in [0, 0.05) is 32.2 Å². The summed E-state index contributed by atoms with van der Waals surface area (Å²) in [5.41, 5.74) is 15.7. The number of amides is 2. The highest BCUT2D eigenvalue weighted by Crippen LogP contribution is 2.32. The third-order valence-electron chi connectivity index (χ3n) is 7.96. The van der Waals surface area contributed by atoms with Crippen LogP contribution < -0.4 is 36.9 Å². The number of hydrogen-bond donors (Lipinski definition) is 7. The van der Waals surface area contributed by atoms with Crippen LogP contribution in [-0.4, -0.2) is 107 Å². The van der Waals surface area contributed by atoms with Crippen LogP contribution in [0.2, 0.25) is 0 Å². The van der Waals surface area contributed by atoms with Crippen molar-refractivity contribution >= 4 is 28.8 Å². The average Bonchev–Trinajstić information content (AvgIpc) is 3.67. The van der Waals surface area contributed by atoms with Gasteiger partial charge in [0.25, 0.3) is 5.91 Å². The van der Waals surface area contributed by atoms with Gasteiger partial charge in [0.15, 0.2) is 23.2 Å². The molecular formula is C34H48N10O6. The zero-order chi connectivity index (χ0) is 36.4. The van der Waals surface area contributed by atoms with Crippen molar-refractivity contribution in [1.82, 2.24) is 41.0 Å². The van der Waals surface area contributed by atoms with E-state index in [9.17, 15) is 19.8 Å². The highest BCUT2D eigenvalue weighted by molar-refractivity contribution is 5.94. The summed E-state index contributed by atoms with van der Waals surface area (Å²) in [6.07, 6.45) is 0.250. The van der Waals surface area contributed by atoms with Crippen molar-refractivity contribution in [3.63, 3.8) is 0 Å². The SMILES string of the molecule is CNNCc1ccc(C(=O)NC(C)C)cc1.COc1ccc(C[C@H](N)C(=O)N[C@H]2[C@@H](O)[C@H](n3cnc4c(N(C)C)ncnc43)O[C@@H]2CO)cc1. The quantitative estimate of drug-likeness (QED) is 0.0938. The molecule has 1 aliphatic heterocycles. The molecule has 0 spiro atoms. The zero-order valence-electron chi connectivity index (χ0n) is 29.2. The van der Waals surface area contributed by atoms with E-state index in [1.165, 1.54) is 12.7 Å². The first-order chi connectivity index (χ1) is 24.0. The molecule has 0 saturated carbocycles. The van der Waals surface area contributed by atoms with E-state index in [1.54, 1.807) is 28.7 Å². The molecule has 2 aromatic carbocycles. The summed E-state index contributed by atoms with van der Waals surface area (Å²) in [6, 6.07) is 13.2. The first kappa shape index (κ1) is 38.1. The third-order valence-corrected chi connectivity index (χ3v) is 7.96. The summed E-state index contributed by atoms with van der Waals surface area (Å²) in [7, 11) is 7.08. The lowest BCUT2D eigenvalue weighted by molar-refractivity contribution is -0.124. The van der Waals surface area contributed by atoms with Crippen LogP contribution in [-0.2, 0) is 22.5 Å². The number of ether oxygens (including phenoxy) is 2. The Morgan fingerprint density at radius 1 is 1.06 bits per heavy atom. The maximum absolute atomic E-state index is 12.8. The van der Waals surface area contributed by atoms with Crippen LogP contribution in [0.15, 0.2) is 61.2 Å². The maximum Gasteiger partial charge on any atom is 0.251 e. The molecule has 50 heavy (non-hydrogen) atoms. The van der Waals surface area contributed by atoms with Crippen molar-refractivity contribution < 1.29 is 29.3 Å². The van der Waals surface area contributed by atoms with Crippen molar-refractivity contribution in [1.29, 1.82) is 0 Å². The average molecular weight is 693 g/mol. The monoisotopic (exact) mass is 692 g/mol. The number of benzene rings is 2. The smallest absolute Gasteiger partial charge is 0.251 e. The van der Waals surface area contributed by atoms with Crippen LogP contribution in [0.3, 0.4) is 0 Å². The Hall–Kier alpha value is -4.71. The molecule has 16 heteroatoms. The second kappa shape index (κ2) is 17.8. The van der Waals surface area contributed by atoms with Gasteiger partial charge in [-0.1, -0.05) is 24.3 Å². The summed E-state index contributed by atoms with van der Waals surface area (Å²) >= 11 is 0. The van der Waals surface area contributed by atoms with E-state index in [0.717, 1.165) is 17.7 Å². The first-order valence-corrected chi connectivity index (χ1v) is 16.2. The molecule has 3 heterocycles. The maximum atomic E-state index is 12.8. The number of nitrogens with zero attached hydrogens (tertiary/aromatic N) is 5. The van der Waals surface area contributed by atoms with Crippen LogP contribution in [0.5, 0.6) is 5.75 Å². The van der Waals surface area contributed by atoms with E-state index in [-0.39, 0.29) is 11.9 Å². The number of aromatic nitrogens is 4. The Morgan fingerprint density at radius 2 is 1.74 bits per heavy atom. The molecule has 5 atom stereocenters. The third kappa shape index (κ3) is 9.50. The summed E-state index contributed by atoms with van der Waals surface area (Å²) in [6.45, 7) is 4.23. The number of aliphatic hydroxyl groups is 2. The number of aliphatic hydroxyl groups excluding tert-OH is 2. The highest BCUT2D eigenvalue weighted by Gasteiger charge is 2.46. The molecule has 0 unspecified atom stereocenters. The number of imidazole rings is 1. The fraction of sp³-hybridized carbons (Fsp3) is 0.441. The second-order valence-electron chi connectivity index (χ2n) is 12.3.